The molecule has 1 aromatic heterocycles. The molecule has 0 bridgehead atoms. The molecule has 0 radical (unpaired) electrons. The van der Waals surface area contributed by atoms with Crippen molar-refractivity contribution in [1.29, 1.82) is 0 Å². The van der Waals surface area contributed by atoms with E-state index >= 15 is 0 Å². The molecule has 5 heteroatoms. The Labute approximate surface area is 150 Å². The summed E-state index contributed by atoms with van der Waals surface area (Å²) in [6.07, 6.45) is 3.83. The molecule has 25 heavy (non-hydrogen) atoms. The predicted octanol–water partition coefficient (Wildman–Crippen LogP) is 2.73. The van der Waals surface area contributed by atoms with E-state index in [-0.39, 0.29) is 0 Å². The van der Waals surface area contributed by atoms with Gasteiger partial charge in [0.1, 0.15) is 11.5 Å². The molecule has 0 spiro atoms. The van der Waals surface area contributed by atoms with Crippen molar-refractivity contribution in [2.24, 2.45) is 0 Å². The minimum absolute atomic E-state index is 0.877. The maximum absolute atomic E-state index is 5.50. The first-order chi connectivity index (χ1) is 12.2. The van der Waals surface area contributed by atoms with Gasteiger partial charge in [0.25, 0.3) is 0 Å². The molecule has 0 unspecified atom stereocenters. The van der Waals surface area contributed by atoms with Crippen LogP contribution in [0.2, 0.25) is 0 Å². The topological polar surface area (TPSA) is 37.8 Å². The Bertz CT molecular complexity index is 697. The first-order valence-corrected chi connectivity index (χ1v) is 8.74. The van der Waals surface area contributed by atoms with E-state index in [1.807, 2.05) is 24.5 Å². The number of benzene rings is 1. The summed E-state index contributed by atoms with van der Waals surface area (Å²) < 4.78 is 10.9. The van der Waals surface area contributed by atoms with Crippen LogP contribution in [0.1, 0.15) is 16.7 Å². The maximum Gasteiger partial charge on any atom is 0.123 e. The molecule has 1 saturated heterocycles. The van der Waals surface area contributed by atoms with Crippen LogP contribution in [0.3, 0.4) is 0 Å². The van der Waals surface area contributed by atoms with E-state index in [0.29, 0.717) is 0 Å². The molecule has 0 saturated carbocycles. The summed E-state index contributed by atoms with van der Waals surface area (Å²) in [5, 5.41) is 0. The highest BCUT2D eigenvalue weighted by Gasteiger charge is 2.19. The molecule has 1 fully saturated rings. The van der Waals surface area contributed by atoms with E-state index in [0.717, 1.165) is 50.8 Å². The monoisotopic (exact) mass is 341 g/mol. The average molecular weight is 341 g/mol. The van der Waals surface area contributed by atoms with Crippen LogP contribution in [-0.4, -0.2) is 55.2 Å². The molecule has 0 N–H and O–H groups in total. The van der Waals surface area contributed by atoms with E-state index < -0.39 is 0 Å². The molecule has 0 aliphatic carbocycles. The number of ether oxygens (including phenoxy) is 2. The fourth-order valence-electron chi connectivity index (χ4n) is 3.27. The van der Waals surface area contributed by atoms with Gasteiger partial charge in [-0.1, -0.05) is 0 Å². The number of aryl methyl sites for hydroxylation is 1. The third-order valence-corrected chi connectivity index (χ3v) is 4.88. The lowest BCUT2D eigenvalue weighted by molar-refractivity contribution is 0.121. The van der Waals surface area contributed by atoms with Crippen molar-refractivity contribution < 1.29 is 9.47 Å². The predicted molar refractivity (Wildman–Crippen MR) is 99.1 cm³/mol. The fraction of sp³-hybridized carbons (Fsp3) is 0.450. The molecule has 2 aromatic rings. The zero-order chi connectivity index (χ0) is 17.6. The third-order valence-electron chi connectivity index (χ3n) is 4.88. The lowest BCUT2D eigenvalue weighted by Crippen LogP contribution is -2.45. The van der Waals surface area contributed by atoms with Gasteiger partial charge in [-0.3, -0.25) is 14.8 Å². The second-order valence-electron chi connectivity index (χ2n) is 6.53. The number of aromatic nitrogens is 1. The number of nitrogens with zero attached hydrogens (tertiary/aromatic N) is 3. The molecule has 1 aromatic carbocycles. The molecular formula is C20H27N3O2. The highest BCUT2D eigenvalue weighted by Crippen LogP contribution is 2.25. The Morgan fingerprint density at radius 1 is 0.920 bits per heavy atom. The van der Waals surface area contributed by atoms with Crippen LogP contribution in [0.5, 0.6) is 11.5 Å². The Morgan fingerprint density at radius 3 is 2.20 bits per heavy atom. The van der Waals surface area contributed by atoms with E-state index in [4.69, 9.17) is 9.47 Å². The summed E-state index contributed by atoms with van der Waals surface area (Å²) in [6.45, 7) is 8.30. The van der Waals surface area contributed by atoms with Crippen molar-refractivity contribution in [3.63, 3.8) is 0 Å². The van der Waals surface area contributed by atoms with Crippen molar-refractivity contribution in [3.05, 3.63) is 53.3 Å². The molecule has 2 heterocycles. The van der Waals surface area contributed by atoms with Crippen molar-refractivity contribution >= 4 is 0 Å². The lowest BCUT2D eigenvalue weighted by atomic mass is 10.1. The Morgan fingerprint density at radius 2 is 1.60 bits per heavy atom. The van der Waals surface area contributed by atoms with Crippen LogP contribution in [-0.2, 0) is 13.1 Å². The fourth-order valence-corrected chi connectivity index (χ4v) is 3.27. The largest absolute Gasteiger partial charge is 0.497 e. The van der Waals surface area contributed by atoms with Crippen LogP contribution in [0, 0.1) is 6.92 Å². The van der Waals surface area contributed by atoms with Gasteiger partial charge < -0.3 is 9.47 Å². The molecule has 3 rings (SSSR count). The van der Waals surface area contributed by atoms with Crippen molar-refractivity contribution in [2.75, 3.05) is 40.4 Å². The number of hydrogen-bond acceptors (Lipinski definition) is 5. The molecule has 1 aliphatic heterocycles. The maximum atomic E-state index is 5.50. The number of methoxy groups -OCH3 is 2. The van der Waals surface area contributed by atoms with Crippen LogP contribution >= 0.6 is 0 Å². The van der Waals surface area contributed by atoms with E-state index in [1.165, 1.54) is 16.7 Å². The van der Waals surface area contributed by atoms with Gasteiger partial charge in [-0.25, -0.2) is 0 Å². The van der Waals surface area contributed by atoms with Crippen LogP contribution in [0.25, 0.3) is 0 Å². The van der Waals surface area contributed by atoms with E-state index in [1.54, 1.807) is 14.2 Å². The molecule has 5 nitrogen and oxygen atoms in total. The molecule has 134 valence electrons. The zero-order valence-corrected chi connectivity index (χ0v) is 15.4. The minimum Gasteiger partial charge on any atom is -0.497 e. The number of piperazine rings is 1. The summed E-state index contributed by atoms with van der Waals surface area (Å²) in [6, 6.07) is 8.13. The summed E-state index contributed by atoms with van der Waals surface area (Å²) in [5.74, 6) is 1.80. The van der Waals surface area contributed by atoms with Gasteiger partial charge in [-0.05, 0) is 42.3 Å². The summed E-state index contributed by atoms with van der Waals surface area (Å²) >= 11 is 0. The second kappa shape index (κ2) is 8.32. The smallest absolute Gasteiger partial charge is 0.123 e. The zero-order valence-electron chi connectivity index (χ0n) is 15.4. The lowest BCUT2D eigenvalue weighted by Gasteiger charge is -2.35. The third kappa shape index (κ3) is 4.50. The highest BCUT2D eigenvalue weighted by molar-refractivity contribution is 5.40. The molecule has 0 amide bonds. The second-order valence-corrected chi connectivity index (χ2v) is 6.53. The van der Waals surface area contributed by atoms with Crippen LogP contribution in [0.4, 0.5) is 0 Å². The van der Waals surface area contributed by atoms with Gasteiger partial charge >= 0.3 is 0 Å². The van der Waals surface area contributed by atoms with Gasteiger partial charge in [-0.15, -0.1) is 0 Å². The average Bonchev–Trinajstić information content (AvgIpc) is 2.65. The van der Waals surface area contributed by atoms with Gasteiger partial charge in [0.15, 0.2) is 0 Å². The first-order valence-electron chi connectivity index (χ1n) is 8.74. The van der Waals surface area contributed by atoms with Gasteiger partial charge in [0.2, 0.25) is 0 Å². The van der Waals surface area contributed by atoms with Crippen LogP contribution in [0.15, 0.2) is 36.7 Å². The van der Waals surface area contributed by atoms with E-state index in [9.17, 15) is 0 Å². The molecule has 1 aliphatic rings. The highest BCUT2D eigenvalue weighted by atomic mass is 16.5. The molecule has 0 atom stereocenters. The Kier molecular flexibility index (Phi) is 5.89. The first kappa shape index (κ1) is 17.7. The SMILES string of the molecule is COc1ccc(OC)c(CN2CCN(Cc3ccncc3C)CC2)c1. The van der Waals surface area contributed by atoms with Crippen molar-refractivity contribution in [2.45, 2.75) is 20.0 Å². The Balaban J connectivity index is 1.57. The number of pyridine rings is 1. The number of hydrogen-bond donors (Lipinski definition) is 0. The minimum atomic E-state index is 0.877. The number of rotatable bonds is 6. The van der Waals surface area contributed by atoms with Gasteiger partial charge in [0.05, 0.1) is 14.2 Å². The van der Waals surface area contributed by atoms with E-state index in [2.05, 4.69) is 33.8 Å². The normalized spacial score (nSPS) is 16.0. The quantitative estimate of drug-likeness (QED) is 0.808. The Hall–Kier alpha value is -2.11. The molecular weight excluding hydrogens is 314 g/mol. The summed E-state index contributed by atoms with van der Waals surface area (Å²) in [5.41, 5.74) is 3.82. The van der Waals surface area contributed by atoms with Crippen molar-refractivity contribution in [3.8, 4) is 11.5 Å². The summed E-state index contributed by atoms with van der Waals surface area (Å²) in [4.78, 5) is 9.17. The van der Waals surface area contributed by atoms with Crippen molar-refractivity contribution in [1.82, 2.24) is 14.8 Å². The van der Waals surface area contributed by atoms with Crippen LogP contribution < -0.4 is 9.47 Å². The van der Waals surface area contributed by atoms with Gasteiger partial charge in [-0.2, -0.15) is 0 Å². The van der Waals surface area contributed by atoms with Gasteiger partial charge in [0, 0.05) is 57.2 Å². The standard InChI is InChI=1S/C20H27N3O2/c1-16-13-21-7-6-17(16)14-22-8-10-23(11-9-22)15-18-12-19(24-2)4-5-20(18)25-3/h4-7,12-13H,8-11,14-15H2,1-3H3. The summed E-state index contributed by atoms with van der Waals surface area (Å²) in [7, 11) is 3.42.